The Bertz CT molecular complexity index is 288. The number of hydrogen-bond donors (Lipinski definition) is 2. The first-order valence-electron chi connectivity index (χ1n) is 7.27. The highest BCUT2D eigenvalue weighted by Crippen LogP contribution is 2.27. The van der Waals surface area contributed by atoms with Crippen LogP contribution in [0.15, 0.2) is 0 Å². The highest BCUT2D eigenvalue weighted by Gasteiger charge is 2.29. The zero-order valence-electron chi connectivity index (χ0n) is 11.3. The Labute approximate surface area is 110 Å². The van der Waals surface area contributed by atoms with Crippen LogP contribution in [-0.2, 0) is 4.79 Å². The van der Waals surface area contributed by atoms with Crippen molar-refractivity contribution in [3.05, 3.63) is 0 Å². The zero-order chi connectivity index (χ0) is 13.1. The molecule has 4 heteroatoms. The summed E-state index contributed by atoms with van der Waals surface area (Å²) >= 11 is 0. The number of β-amino-alcohol motifs (C(OH)–C–C–N with tert-alkyl or cyclic N) is 1. The molecule has 1 heterocycles. The lowest BCUT2D eigenvalue weighted by atomic mass is 9.84. The third-order valence-corrected chi connectivity index (χ3v) is 4.63. The fourth-order valence-electron chi connectivity index (χ4n) is 3.04. The van der Waals surface area contributed by atoms with Crippen molar-refractivity contribution in [3.8, 4) is 0 Å². The highest BCUT2D eigenvalue weighted by atomic mass is 16.3. The first-order valence-corrected chi connectivity index (χ1v) is 7.27. The van der Waals surface area contributed by atoms with Gasteiger partial charge in [0.25, 0.3) is 0 Å². The van der Waals surface area contributed by atoms with Gasteiger partial charge in [0.2, 0.25) is 5.91 Å². The van der Waals surface area contributed by atoms with E-state index in [1.165, 1.54) is 0 Å². The predicted octanol–water partition coefficient (Wildman–Crippen LogP) is 1.12. The Balaban J connectivity index is 1.78. The van der Waals surface area contributed by atoms with Crippen LogP contribution < -0.4 is 5.73 Å². The van der Waals surface area contributed by atoms with Gasteiger partial charge in [0.1, 0.15) is 0 Å². The largest absolute Gasteiger partial charge is 0.391 e. The van der Waals surface area contributed by atoms with E-state index in [9.17, 15) is 9.90 Å². The van der Waals surface area contributed by atoms with Gasteiger partial charge in [-0.3, -0.25) is 4.79 Å². The van der Waals surface area contributed by atoms with Gasteiger partial charge in [-0.1, -0.05) is 6.92 Å². The van der Waals surface area contributed by atoms with Crippen LogP contribution in [0.3, 0.4) is 0 Å². The number of carbonyl (C=O) groups excluding carboxylic acids is 1. The Kier molecular flexibility index (Phi) is 4.62. The van der Waals surface area contributed by atoms with Crippen LogP contribution in [0.2, 0.25) is 0 Å². The molecule has 1 aliphatic carbocycles. The molecule has 1 saturated heterocycles. The van der Waals surface area contributed by atoms with E-state index in [4.69, 9.17) is 5.73 Å². The maximum absolute atomic E-state index is 12.2. The summed E-state index contributed by atoms with van der Waals surface area (Å²) in [6, 6.07) is 0.342. The van der Waals surface area contributed by atoms with Crippen LogP contribution >= 0.6 is 0 Å². The molecule has 0 spiro atoms. The van der Waals surface area contributed by atoms with Crippen molar-refractivity contribution in [2.45, 2.75) is 57.6 Å². The average Bonchev–Trinajstić information content (AvgIpc) is 2.35. The fourth-order valence-corrected chi connectivity index (χ4v) is 3.04. The van der Waals surface area contributed by atoms with Gasteiger partial charge >= 0.3 is 0 Å². The normalized spacial score (nSPS) is 37.6. The van der Waals surface area contributed by atoms with E-state index >= 15 is 0 Å². The second-order valence-electron chi connectivity index (χ2n) is 6.16. The summed E-state index contributed by atoms with van der Waals surface area (Å²) in [5.41, 5.74) is 5.88. The summed E-state index contributed by atoms with van der Waals surface area (Å²) in [6.07, 6.45) is 5.49. The molecule has 2 aliphatic rings. The molecule has 2 atom stereocenters. The molecule has 2 rings (SSSR count). The Hall–Kier alpha value is -0.610. The molecule has 2 fully saturated rings. The molecule has 0 aromatic heterocycles. The van der Waals surface area contributed by atoms with E-state index < -0.39 is 0 Å². The standard InChI is InChI=1S/C14H26N2O2/c1-10-6-7-16(9-13(10)17)14(18)8-11-2-4-12(15)5-3-11/h10-13,17H,2-9,15H2,1H3. The van der Waals surface area contributed by atoms with Gasteiger partial charge in [0.15, 0.2) is 0 Å². The molecule has 0 aromatic carbocycles. The summed E-state index contributed by atoms with van der Waals surface area (Å²) in [7, 11) is 0. The third-order valence-electron chi connectivity index (χ3n) is 4.63. The number of likely N-dealkylation sites (tertiary alicyclic amines) is 1. The van der Waals surface area contributed by atoms with Crippen molar-refractivity contribution in [2.24, 2.45) is 17.6 Å². The summed E-state index contributed by atoms with van der Waals surface area (Å²) < 4.78 is 0. The minimum absolute atomic E-state index is 0.224. The lowest BCUT2D eigenvalue weighted by molar-refractivity contribution is -0.136. The van der Waals surface area contributed by atoms with Gasteiger partial charge < -0.3 is 15.7 Å². The summed E-state index contributed by atoms with van der Waals surface area (Å²) in [6.45, 7) is 3.38. The molecule has 3 N–H and O–H groups in total. The average molecular weight is 254 g/mol. The predicted molar refractivity (Wildman–Crippen MR) is 70.9 cm³/mol. The van der Waals surface area contributed by atoms with E-state index in [1.807, 2.05) is 4.90 Å². The lowest BCUT2D eigenvalue weighted by Crippen LogP contribution is -2.46. The molecular weight excluding hydrogens is 228 g/mol. The fraction of sp³-hybridized carbons (Fsp3) is 0.929. The first-order chi connectivity index (χ1) is 8.56. The molecule has 4 nitrogen and oxygen atoms in total. The highest BCUT2D eigenvalue weighted by molar-refractivity contribution is 5.76. The Morgan fingerprint density at radius 2 is 1.94 bits per heavy atom. The van der Waals surface area contributed by atoms with Crippen LogP contribution in [0.4, 0.5) is 0 Å². The van der Waals surface area contributed by atoms with Crippen molar-refractivity contribution < 1.29 is 9.90 Å². The summed E-state index contributed by atoms with van der Waals surface area (Å²) in [4.78, 5) is 14.0. The van der Waals surface area contributed by atoms with Crippen molar-refractivity contribution in [1.29, 1.82) is 0 Å². The van der Waals surface area contributed by atoms with E-state index in [2.05, 4.69) is 6.92 Å². The van der Waals surface area contributed by atoms with Crippen molar-refractivity contribution in [2.75, 3.05) is 13.1 Å². The number of piperidine rings is 1. The molecule has 1 amide bonds. The number of aliphatic hydroxyl groups is 1. The second-order valence-corrected chi connectivity index (χ2v) is 6.16. The number of nitrogens with two attached hydrogens (primary N) is 1. The number of carbonyl (C=O) groups is 1. The minimum Gasteiger partial charge on any atom is -0.391 e. The van der Waals surface area contributed by atoms with E-state index in [0.717, 1.165) is 38.6 Å². The Morgan fingerprint density at radius 3 is 2.56 bits per heavy atom. The summed E-state index contributed by atoms with van der Waals surface area (Å²) in [5.74, 6) is 1.05. The molecule has 1 aliphatic heterocycles. The number of rotatable bonds is 2. The first kappa shape index (κ1) is 13.8. The molecule has 0 bridgehead atoms. The quantitative estimate of drug-likeness (QED) is 0.776. The third kappa shape index (κ3) is 3.45. The molecule has 2 unspecified atom stereocenters. The minimum atomic E-state index is -0.345. The summed E-state index contributed by atoms with van der Waals surface area (Å²) in [5, 5.41) is 9.83. The van der Waals surface area contributed by atoms with Gasteiger partial charge in [0.05, 0.1) is 6.10 Å². The number of amides is 1. The van der Waals surface area contributed by atoms with Crippen LogP contribution in [0.5, 0.6) is 0 Å². The van der Waals surface area contributed by atoms with Crippen LogP contribution in [0.25, 0.3) is 0 Å². The number of hydrogen-bond acceptors (Lipinski definition) is 3. The molecule has 18 heavy (non-hydrogen) atoms. The van der Waals surface area contributed by atoms with Gasteiger partial charge in [0, 0.05) is 25.6 Å². The maximum Gasteiger partial charge on any atom is 0.222 e. The van der Waals surface area contributed by atoms with E-state index in [-0.39, 0.29) is 12.0 Å². The van der Waals surface area contributed by atoms with Crippen molar-refractivity contribution >= 4 is 5.91 Å². The molecule has 1 saturated carbocycles. The van der Waals surface area contributed by atoms with Crippen molar-refractivity contribution in [1.82, 2.24) is 4.90 Å². The maximum atomic E-state index is 12.2. The van der Waals surface area contributed by atoms with Crippen molar-refractivity contribution in [3.63, 3.8) is 0 Å². The van der Waals surface area contributed by atoms with Gasteiger partial charge in [-0.15, -0.1) is 0 Å². The zero-order valence-corrected chi connectivity index (χ0v) is 11.3. The molecular formula is C14H26N2O2. The molecule has 0 radical (unpaired) electrons. The SMILES string of the molecule is CC1CCN(C(=O)CC2CCC(N)CC2)CC1O. The number of aliphatic hydroxyl groups excluding tert-OH is 1. The smallest absolute Gasteiger partial charge is 0.222 e. The Morgan fingerprint density at radius 1 is 1.28 bits per heavy atom. The van der Waals surface area contributed by atoms with Crippen LogP contribution in [-0.4, -0.2) is 41.1 Å². The second kappa shape index (κ2) is 6.02. The molecule has 0 aromatic rings. The topological polar surface area (TPSA) is 66.6 Å². The van der Waals surface area contributed by atoms with Crippen LogP contribution in [0, 0.1) is 11.8 Å². The molecule has 104 valence electrons. The van der Waals surface area contributed by atoms with Gasteiger partial charge in [-0.05, 0) is 43.9 Å². The monoisotopic (exact) mass is 254 g/mol. The van der Waals surface area contributed by atoms with E-state index in [0.29, 0.717) is 30.8 Å². The van der Waals surface area contributed by atoms with Gasteiger partial charge in [-0.25, -0.2) is 0 Å². The number of nitrogens with zero attached hydrogens (tertiary/aromatic N) is 1. The van der Waals surface area contributed by atoms with E-state index in [1.54, 1.807) is 0 Å². The lowest BCUT2D eigenvalue weighted by Gasteiger charge is -2.35. The van der Waals surface area contributed by atoms with Crippen LogP contribution in [0.1, 0.15) is 45.4 Å². The van der Waals surface area contributed by atoms with Gasteiger partial charge in [-0.2, -0.15) is 0 Å².